The Balaban J connectivity index is 2.11. The number of halogens is 1. The predicted molar refractivity (Wildman–Crippen MR) is 155 cm³/mol. The van der Waals surface area contributed by atoms with Crippen molar-refractivity contribution >= 4 is 39.1 Å². The van der Waals surface area contributed by atoms with Crippen molar-refractivity contribution in [1.82, 2.24) is 10.2 Å². The van der Waals surface area contributed by atoms with Crippen LogP contribution >= 0.6 is 11.6 Å². The molecule has 1 unspecified atom stereocenters. The van der Waals surface area contributed by atoms with Crippen molar-refractivity contribution in [2.75, 3.05) is 31.6 Å². The van der Waals surface area contributed by atoms with Gasteiger partial charge in [-0.2, -0.15) is 0 Å². The van der Waals surface area contributed by atoms with Gasteiger partial charge in [0.1, 0.15) is 24.1 Å². The van der Waals surface area contributed by atoms with Crippen molar-refractivity contribution in [2.24, 2.45) is 0 Å². The average molecular weight is 588 g/mol. The van der Waals surface area contributed by atoms with Crippen LogP contribution in [0.2, 0.25) is 5.02 Å². The molecule has 0 heterocycles. The van der Waals surface area contributed by atoms with E-state index in [1.807, 2.05) is 6.92 Å². The fourth-order valence-corrected chi connectivity index (χ4v) is 5.65. The molecule has 0 bridgehead atoms. The molecule has 3 rings (SSSR count). The standard InChI is InChI=1S/C29H34ClN3O6S/c1-5-17-31-29(35)21(2)32(19-22-11-9-10-14-25(22)30)28(34)20-33(40(36,37)24-12-7-6-8-13-24)26-18-23(38-3)15-16-27(26)39-4/h6-16,18,21H,5,17,19-20H2,1-4H3,(H,31,35). The fraction of sp³-hybridized carbons (Fsp3) is 0.310. The van der Waals surface area contributed by atoms with Crippen LogP contribution in [0.25, 0.3) is 0 Å². The number of hydrogen-bond acceptors (Lipinski definition) is 6. The number of methoxy groups -OCH3 is 2. The van der Waals surface area contributed by atoms with E-state index in [-0.39, 0.29) is 28.8 Å². The average Bonchev–Trinajstić information content (AvgIpc) is 2.97. The Kier molecular flexibility index (Phi) is 10.8. The van der Waals surface area contributed by atoms with E-state index < -0.39 is 28.5 Å². The summed E-state index contributed by atoms with van der Waals surface area (Å²) in [6.45, 7) is 3.34. The molecule has 2 amide bonds. The van der Waals surface area contributed by atoms with Gasteiger partial charge in [-0.25, -0.2) is 8.42 Å². The van der Waals surface area contributed by atoms with Gasteiger partial charge < -0.3 is 19.7 Å². The van der Waals surface area contributed by atoms with Gasteiger partial charge in [-0.3, -0.25) is 13.9 Å². The van der Waals surface area contributed by atoms with E-state index in [9.17, 15) is 18.0 Å². The van der Waals surface area contributed by atoms with Crippen molar-refractivity contribution in [3.05, 3.63) is 83.4 Å². The Morgan fingerprint density at radius 1 is 0.975 bits per heavy atom. The molecule has 214 valence electrons. The van der Waals surface area contributed by atoms with Gasteiger partial charge in [-0.05, 0) is 49.2 Å². The molecule has 0 spiro atoms. The lowest BCUT2D eigenvalue weighted by Gasteiger charge is -2.32. The fourth-order valence-electron chi connectivity index (χ4n) is 4.01. The van der Waals surface area contributed by atoms with Gasteiger partial charge in [0, 0.05) is 24.2 Å². The van der Waals surface area contributed by atoms with Crippen LogP contribution in [0.1, 0.15) is 25.8 Å². The number of nitrogens with zero attached hydrogens (tertiary/aromatic N) is 2. The molecule has 0 radical (unpaired) electrons. The second-order valence-corrected chi connectivity index (χ2v) is 11.2. The molecular weight excluding hydrogens is 554 g/mol. The molecular formula is C29H34ClN3O6S. The van der Waals surface area contributed by atoms with Crippen LogP contribution in [0.4, 0.5) is 5.69 Å². The lowest BCUT2D eigenvalue weighted by molar-refractivity contribution is -0.139. The zero-order valence-corrected chi connectivity index (χ0v) is 24.5. The molecule has 40 heavy (non-hydrogen) atoms. The molecule has 0 aliphatic carbocycles. The predicted octanol–water partition coefficient (Wildman–Crippen LogP) is 4.50. The summed E-state index contributed by atoms with van der Waals surface area (Å²) in [6.07, 6.45) is 0.718. The van der Waals surface area contributed by atoms with Gasteiger partial charge in [-0.15, -0.1) is 0 Å². The van der Waals surface area contributed by atoms with Gasteiger partial charge in [0.05, 0.1) is 24.8 Å². The van der Waals surface area contributed by atoms with Crippen LogP contribution in [0.3, 0.4) is 0 Å². The first kappa shape index (κ1) is 30.8. The quantitative estimate of drug-likeness (QED) is 0.316. The highest BCUT2D eigenvalue weighted by Crippen LogP contribution is 2.36. The molecule has 0 saturated carbocycles. The van der Waals surface area contributed by atoms with Crippen molar-refractivity contribution in [3.63, 3.8) is 0 Å². The zero-order chi connectivity index (χ0) is 29.3. The number of anilines is 1. The smallest absolute Gasteiger partial charge is 0.264 e. The number of sulfonamides is 1. The molecule has 0 aromatic heterocycles. The molecule has 3 aromatic rings. The number of nitrogens with one attached hydrogen (secondary N) is 1. The van der Waals surface area contributed by atoms with E-state index in [0.717, 1.165) is 10.7 Å². The van der Waals surface area contributed by atoms with E-state index in [2.05, 4.69) is 5.32 Å². The normalized spacial score (nSPS) is 11.8. The second kappa shape index (κ2) is 14.0. The number of rotatable bonds is 13. The van der Waals surface area contributed by atoms with Gasteiger partial charge in [0.2, 0.25) is 11.8 Å². The van der Waals surface area contributed by atoms with Crippen molar-refractivity contribution in [2.45, 2.75) is 37.8 Å². The summed E-state index contributed by atoms with van der Waals surface area (Å²) in [7, 11) is -1.40. The van der Waals surface area contributed by atoms with Gasteiger partial charge >= 0.3 is 0 Å². The summed E-state index contributed by atoms with van der Waals surface area (Å²) in [5.41, 5.74) is 0.726. The topological polar surface area (TPSA) is 105 Å². The van der Waals surface area contributed by atoms with E-state index in [1.54, 1.807) is 61.5 Å². The first-order valence-electron chi connectivity index (χ1n) is 12.7. The number of benzene rings is 3. The molecule has 0 fully saturated rings. The SMILES string of the molecule is CCCNC(=O)C(C)N(Cc1ccccc1Cl)C(=O)CN(c1cc(OC)ccc1OC)S(=O)(=O)c1ccccc1. The number of hydrogen-bond donors (Lipinski definition) is 1. The first-order valence-corrected chi connectivity index (χ1v) is 14.6. The van der Waals surface area contributed by atoms with Crippen LogP contribution in [-0.4, -0.2) is 58.5 Å². The minimum Gasteiger partial charge on any atom is -0.497 e. The molecule has 1 N–H and O–H groups in total. The molecule has 9 nitrogen and oxygen atoms in total. The number of carbonyl (C=O) groups excluding carboxylic acids is 2. The minimum atomic E-state index is -4.26. The number of ether oxygens (including phenoxy) is 2. The lowest BCUT2D eigenvalue weighted by Crippen LogP contribution is -2.51. The van der Waals surface area contributed by atoms with Gasteiger partial charge in [0.15, 0.2) is 0 Å². The van der Waals surface area contributed by atoms with Crippen LogP contribution in [-0.2, 0) is 26.2 Å². The Morgan fingerprint density at radius 3 is 2.27 bits per heavy atom. The highest BCUT2D eigenvalue weighted by molar-refractivity contribution is 7.92. The highest BCUT2D eigenvalue weighted by atomic mass is 35.5. The minimum absolute atomic E-state index is 0.00626. The molecule has 0 aliphatic heterocycles. The van der Waals surface area contributed by atoms with E-state index in [4.69, 9.17) is 21.1 Å². The summed E-state index contributed by atoms with van der Waals surface area (Å²) in [5.74, 6) is -0.377. The maximum absolute atomic E-state index is 14.0. The monoisotopic (exact) mass is 587 g/mol. The largest absolute Gasteiger partial charge is 0.497 e. The van der Waals surface area contributed by atoms with E-state index in [1.165, 1.54) is 37.3 Å². The van der Waals surface area contributed by atoms with Crippen molar-refractivity contribution < 1.29 is 27.5 Å². The molecule has 11 heteroatoms. The third kappa shape index (κ3) is 7.25. The van der Waals surface area contributed by atoms with Gasteiger partial charge in [0.25, 0.3) is 10.0 Å². The summed E-state index contributed by atoms with van der Waals surface area (Å²) >= 11 is 6.39. The van der Waals surface area contributed by atoms with Crippen molar-refractivity contribution in [3.8, 4) is 11.5 Å². The molecule has 1 atom stereocenters. The maximum atomic E-state index is 14.0. The second-order valence-electron chi connectivity index (χ2n) is 8.94. The summed E-state index contributed by atoms with van der Waals surface area (Å²) in [5, 5.41) is 3.23. The van der Waals surface area contributed by atoms with Crippen LogP contribution in [0, 0.1) is 0 Å². The third-order valence-electron chi connectivity index (χ3n) is 6.28. The third-order valence-corrected chi connectivity index (χ3v) is 8.42. The highest BCUT2D eigenvalue weighted by Gasteiger charge is 2.34. The summed E-state index contributed by atoms with van der Waals surface area (Å²) in [6, 6.07) is 18.5. The lowest BCUT2D eigenvalue weighted by atomic mass is 10.1. The molecule has 0 saturated heterocycles. The Bertz CT molecular complexity index is 1420. The van der Waals surface area contributed by atoms with E-state index >= 15 is 0 Å². The van der Waals surface area contributed by atoms with Gasteiger partial charge in [-0.1, -0.05) is 54.9 Å². The number of amides is 2. The van der Waals surface area contributed by atoms with Crippen LogP contribution < -0.4 is 19.1 Å². The summed E-state index contributed by atoms with van der Waals surface area (Å²) in [4.78, 5) is 28.3. The Morgan fingerprint density at radius 2 is 1.65 bits per heavy atom. The molecule has 3 aromatic carbocycles. The zero-order valence-electron chi connectivity index (χ0n) is 23.0. The van der Waals surface area contributed by atoms with Crippen LogP contribution in [0.15, 0.2) is 77.7 Å². The number of carbonyl (C=O) groups is 2. The van der Waals surface area contributed by atoms with Crippen LogP contribution in [0.5, 0.6) is 11.5 Å². The Hall–Kier alpha value is -3.76. The van der Waals surface area contributed by atoms with Crippen molar-refractivity contribution in [1.29, 1.82) is 0 Å². The maximum Gasteiger partial charge on any atom is 0.264 e. The molecule has 0 aliphatic rings. The Labute approximate surface area is 240 Å². The van der Waals surface area contributed by atoms with E-state index in [0.29, 0.717) is 22.9 Å². The first-order chi connectivity index (χ1) is 19.1. The summed E-state index contributed by atoms with van der Waals surface area (Å²) < 4.78 is 39.7.